The van der Waals surface area contributed by atoms with Crippen molar-refractivity contribution in [3.05, 3.63) is 134 Å². The van der Waals surface area contributed by atoms with Crippen LogP contribution in [0, 0.1) is 0 Å². The Morgan fingerprint density at radius 3 is 1.04 bits per heavy atom. The number of rotatable bonds is 49. The second kappa shape index (κ2) is 57.1. The normalized spacial score (nSPS) is 13.1. The predicted molar refractivity (Wildman–Crippen MR) is 302 cm³/mol. The van der Waals surface area contributed by atoms with Crippen molar-refractivity contribution in [3.63, 3.8) is 0 Å². The maximum absolute atomic E-state index is 12.8. The molecule has 0 saturated heterocycles. The quantitative estimate of drug-likeness (QED) is 0.0199. The van der Waals surface area contributed by atoms with Crippen LogP contribution < -0.4 is 0 Å². The Kier molecular flexibility index (Phi) is 53.5. The highest BCUT2D eigenvalue weighted by molar-refractivity contribution is 5.71. The first-order chi connectivity index (χ1) is 34.5. The summed E-state index contributed by atoms with van der Waals surface area (Å²) in [6.07, 6.45) is 80.1. The molecule has 0 radical (unpaired) electrons. The molecule has 0 heterocycles. The summed E-state index contributed by atoms with van der Waals surface area (Å²) in [6, 6.07) is 0. The van der Waals surface area contributed by atoms with Gasteiger partial charge in [-0.15, -0.1) is 0 Å². The maximum atomic E-state index is 12.8. The molecule has 0 aromatic heterocycles. The highest BCUT2D eigenvalue weighted by Crippen LogP contribution is 2.15. The molecule has 0 aliphatic heterocycles. The fourth-order valence-corrected chi connectivity index (χ4v) is 7.38. The number of carbonyl (C=O) groups is 3. The number of esters is 3. The number of hydrogen-bond donors (Lipinski definition) is 0. The summed E-state index contributed by atoms with van der Waals surface area (Å²) in [5.74, 6) is -0.990. The Hall–Kier alpha value is -4.45. The van der Waals surface area contributed by atoms with Gasteiger partial charge >= 0.3 is 17.9 Å². The number of allylic oxidation sites excluding steroid dienone is 22. The van der Waals surface area contributed by atoms with Crippen LogP contribution in [-0.4, -0.2) is 37.2 Å². The number of ether oxygens (including phenoxy) is 3. The van der Waals surface area contributed by atoms with Crippen molar-refractivity contribution in [1.82, 2.24) is 0 Å². The third kappa shape index (κ3) is 54.5. The average molecular weight is 968 g/mol. The molecule has 0 aliphatic carbocycles. The van der Waals surface area contributed by atoms with Gasteiger partial charge in [0.15, 0.2) is 6.10 Å². The van der Waals surface area contributed by atoms with Crippen molar-refractivity contribution >= 4 is 17.9 Å². The van der Waals surface area contributed by atoms with Crippen molar-refractivity contribution in [2.45, 2.75) is 239 Å². The molecule has 0 saturated carbocycles. The molecule has 0 spiro atoms. The first-order valence-electron chi connectivity index (χ1n) is 28.3. The lowest BCUT2D eigenvalue weighted by molar-refractivity contribution is -0.167. The summed E-state index contributed by atoms with van der Waals surface area (Å²) in [6.45, 7) is 6.31. The molecule has 0 amide bonds. The second-order valence-corrected chi connectivity index (χ2v) is 18.2. The summed E-state index contributed by atoms with van der Waals surface area (Å²) in [4.78, 5) is 38.2. The van der Waals surface area contributed by atoms with Gasteiger partial charge in [0, 0.05) is 19.3 Å². The topological polar surface area (TPSA) is 78.9 Å². The summed E-state index contributed by atoms with van der Waals surface area (Å²) in [5, 5.41) is 0. The van der Waals surface area contributed by atoms with E-state index in [0.717, 1.165) is 103 Å². The van der Waals surface area contributed by atoms with Gasteiger partial charge in [-0.25, -0.2) is 0 Å². The Balaban J connectivity index is 4.55. The van der Waals surface area contributed by atoms with Crippen LogP contribution in [0.4, 0.5) is 0 Å². The molecule has 0 bridgehead atoms. The van der Waals surface area contributed by atoms with E-state index in [1.54, 1.807) is 0 Å². The first kappa shape index (κ1) is 65.5. The van der Waals surface area contributed by atoms with Crippen LogP contribution >= 0.6 is 0 Å². The van der Waals surface area contributed by atoms with Crippen molar-refractivity contribution in [3.8, 4) is 0 Å². The predicted octanol–water partition coefficient (Wildman–Crippen LogP) is 19.0. The minimum absolute atomic E-state index is 0.110. The molecule has 0 aromatic rings. The van der Waals surface area contributed by atoms with Gasteiger partial charge in [-0.3, -0.25) is 14.4 Å². The Morgan fingerprint density at radius 1 is 0.314 bits per heavy atom. The van der Waals surface area contributed by atoms with E-state index >= 15 is 0 Å². The minimum Gasteiger partial charge on any atom is -0.462 e. The lowest BCUT2D eigenvalue weighted by Gasteiger charge is -2.18. The van der Waals surface area contributed by atoms with Crippen LogP contribution in [-0.2, 0) is 28.6 Å². The molecule has 0 aromatic carbocycles. The second-order valence-electron chi connectivity index (χ2n) is 18.2. The number of unbranched alkanes of at least 4 members (excludes halogenated alkanes) is 21. The molecule has 394 valence electrons. The van der Waals surface area contributed by atoms with E-state index in [4.69, 9.17) is 14.2 Å². The third-order valence-corrected chi connectivity index (χ3v) is 11.6. The van der Waals surface area contributed by atoms with E-state index in [9.17, 15) is 14.4 Å². The zero-order valence-corrected chi connectivity index (χ0v) is 45.0. The summed E-state index contributed by atoms with van der Waals surface area (Å²) in [7, 11) is 0. The molecular weight excluding hydrogens is 865 g/mol. The molecule has 0 N–H and O–H groups in total. The Labute approximate surface area is 430 Å². The van der Waals surface area contributed by atoms with Crippen molar-refractivity contribution in [2.75, 3.05) is 13.2 Å². The van der Waals surface area contributed by atoms with Gasteiger partial charge in [0.2, 0.25) is 0 Å². The van der Waals surface area contributed by atoms with Gasteiger partial charge in [0.1, 0.15) is 13.2 Å². The van der Waals surface area contributed by atoms with E-state index in [1.807, 2.05) is 60.8 Å². The summed E-state index contributed by atoms with van der Waals surface area (Å²) < 4.78 is 16.8. The molecule has 0 rings (SSSR count). The molecule has 6 heteroatoms. The van der Waals surface area contributed by atoms with Crippen molar-refractivity contribution in [1.29, 1.82) is 0 Å². The van der Waals surface area contributed by atoms with Crippen LogP contribution in [0.25, 0.3) is 0 Å². The van der Waals surface area contributed by atoms with Crippen LogP contribution in [0.5, 0.6) is 0 Å². The standard InChI is InChI=1S/C64H102O6/c1-4-7-10-13-16-19-22-25-28-31-32-34-36-39-42-45-48-51-54-57-63(66)69-60-61(59-68-62(65)56-53-50-47-44-41-38-35-30-27-24-21-18-15-12-9-6-3)70-64(67)58-55-52-49-46-43-40-37-33-29-26-23-20-17-14-11-8-5-2/h7-8,10-11,14,16-17,19-20,23,25-26,28-29,32-34,37,39-40,42-43,61H,4-6,9,12-13,15,18,21-22,24,27,30-31,35-36,38,41,44-60H2,1-3H3/b10-7-,11-8-,17-14-,19-16-,23-20-,28-25-,29-26-,34-32-,37-33+,42-39-,43-40-. The highest BCUT2D eigenvalue weighted by Gasteiger charge is 2.19. The van der Waals surface area contributed by atoms with E-state index in [2.05, 4.69) is 93.7 Å². The fraction of sp³-hybridized carbons (Fsp3) is 0.609. The average Bonchev–Trinajstić information content (AvgIpc) is 3.36. The summed E-state index contributed by atoms with van der Waals surface area (Å²) in [5.41, 5.74) is 0. The van der Waals surface area contributed by atoms with Crippen LogP contribution in [0.15, 0.2) is 134 Å². The molecule has 6 nitrogen and oxygen atoms in total. The molecular formula is C64H102O6. The van der Waals surface area contributed by atoms with Crippen LogP contribution in [0.3, 0.4) is 0 Å². The van der Waals surface area contributed by atoms with Gasteiger partial charge in [0.25, 0.3) is 0 Å². The zero-order valence-electron chi connectivity index (χ0n) is 45.0. The van der Waals surface area contributed by atoms with Crippen LogP contribution in [0.2, 0.25) is 0 Å². The van der Waals surface area contributed by atoms with Crippen molar-refractivity contribution < 1.29 is 28.6 Å². The molecule has 0 aliphatic rings. The third-order valence-electron chi connectivity index (χ3n) is 11.6. The van der Waals surface area contributed by atoms with E-state index in [-0.39, 0.29) is 37.5 Å². The lowest BCUT2D eigenvalue weighted by atomic mass is 10.0. The zero-order chi connectivity index (χ0) is 50.7. The maximum Gasteiger partial charge on any atom is 0.306 e. The minimum atomic E-state index is -0.819. The summed E-state index contributed by atoms with van der Waals surface area (Å²) >= 11 is 0. The van der Waals surface area contributed by atoms with Crippen LogP contribution in [0.1, 0.15) is 233 Å². The van der Waals surface area contributed by atoms with Gasteiger partial charge in [0.05, 0.1) is 0 Å². The molecule has 1 atom stereocenters. The highest BCUT2D eigenvalue weighted by atomic mass is 16.6. The molecule has 1 unspecified atom stereocenters. The van der Waals surface area contributed by atoms with E-state index in [1.165, 1.54) is 83.5 Å². The van der Waals surface area contributed by atoms with Gasteiger partial charge in [-0.2, -0.15) is 0 Å². The molecule has 70 heavy (non-hydrogen) atoms. The number of carbonyl (C=O) groups excluding carboxylic acids is 3. The van der Waals surface area contributed by atoms with Crippen molar-refractivity contribution in [2.24, 2.45) is 0 Å². The SMILES string of the molecule is CC\C=C/C=C\C=C/C=C\C=C\C=C/CCCCCC(=O)OC(COC(=O)CCCCC/C=C\C/C=C\C/C=C\C/C=C\C/C=C\CC)COC(=O)CCCCCCCCCCCCCCCCCC. The largest absolute Gasteiger partial charge is 0.462 e. The van der Waals surface area contributed by atoms with Gasteiger partial charge in [-0.1, -0.05) is 264 Å². The first-order valence-corrected chi connectivity index (χ1v) is 28.3. The van der Waals surface area contributed by atoms with E-state index < -0.39 is 6.10 Å². The Morgan fingerprint density at radius 2 is 0.629 bits per heavy atom. The fourth-order valence-electron chi connectivity index (χ4n) is 7.38. The molecule has 0 fully saturated rings. The van der Waals surface area contributed by atoms with E-state index in [0.29, 0.717) is 19.3 Å². The number of hydrogen-bond acceptors (Lipinski definition) is 6. The van der Waals surface area contributed by atoms with Gasteiger partial charge in [-0.05, 0) is 83.5 Å². The van der Waals surface area contributed by atoms with Gasteiger partial charge < -0.3 is 14.2 Å². The lowest BCUT2D eigenvalue weighted by Crippen LogP contribution is -2.30. The Bertz CT molecular complexity index is 1530. The smallest absolute Gasteiger partial charge is 0.306 e. The monoisotopic (exact) mass is 967 g/mol.